The van der Waals surface area contributed by atoms with E-state index in [1.807, 2.05) is 0 Å². The third-order valence-corrected chi connectivity index (χ3v) is 15.2. The molecule has 0 aliphatic heterocycles. The molecule has 2 aromatic carbocycles. The monoisotopic (exact) mass is 576 g/mol. The molecule has 6 fully saturated rings. The van der Waals surface area contributed by atoms with Crippen molar-refractivity contribution in [2.45, 2.75) is 124 Å². The van der Waals surface area contributed by atoms with Crippen LogP contribution in [0, 0.1) is 98.7 Å². The molecule has 232 valence electrons. The van der Waals surface area contributed by atoms with Crippen LogP contribution in [0.1, 0.15) is 130 Å². The number of fused-ring (bicyclic) bond motifs is 4. The van der Waals surface area contributed by atoms with Crippen LogP contribution >= 0.6 is 0 Å². The van der Waals surface area contributed by atoms with Crippen LogP contribution in [0.3, 0.4) is 0 Å². The van der Waals surface area contributed by atoms with E-state index in [-0.39, 0.29) is 0 Å². The van der Waals surface area contributed by atoms with E-state index in [2.05, 4.69) is 77.9 Å². The van der Waals surface area contributed by atoms with Gasteiger partial charge < -0.3 is 0 Å². The summed E-state index contributed by atoms with van der Waals surface area (Å²) in [6.07, 6.45) is 16.7. The zero-order valence-electron chi connectivity index (χ0n) is 28.3. The smallest absolute Gasteiger partial charge is 0.00996 e. The molecule has 6 aliphatic rings. The lowest BCUT2D eigenvalue weighted by atomic mass is 9.58. The van der Waals surface area contributed by atoms with Gasteiger partial charge in [0.2, 0.25) is 0 Å². The second kappa shape index (κ2) is 11.1. The Morgan fingerprint density at radius 3 is 1.26 bits per heavy atom. The number of rotatable bonds is 4. The van der Waals surface area contributed by atoms with Gasteiger partial charge in [0.25, 0.3) is 0 Å². The Kier molecular flexibility index (Phi) is 7.42. The second-order valence-electron chi connectivity index (χ2n) is 17.7. The van der Waals surface area contributed by atoms with Gasteiger partial charge in [-0.1, -0.05) is 98.2 Å². The predicted molar refractivity (Wildman–Crippen MR) is 181 cm³/mol. The number of hydrogen-bond donors (Lipinski definition) is 0. The van der Waals surface area contributed by atoms with Crippen LogP contribution in [0.5, 0.6) is 0 Å². The lowest BCUT2D eigenvalue weighted by Gasteiger charge is -2.46. The first kappa shape index (κ1) is 28.9. The molecule has 0 heteroatoms. The van der Waals surface area contributed by atoms with Crippen molar-refractivity contribution in [2.75, 3.05) is 0 Å². The van der Waals surface area contributed by atoms with Gasteiger partial charge in [-0.3, -0.25) is 0 Å². The maximum Gasteiger partial charge on any atom is -0.00996 e. The van der Waals surface area contributed by atoms with Crippen LogP contribution in [0.4, 0.5) is 0 Å². The van der Waals surface area contributed by atoms with Crippen molar-refractivity contribution >= 4 is 0 Å². The van der Waals surface area contributed by atoms with E-state index in [9.17, 15) is 0 Å². The van der Waals surface area contributed by atoms with E-state index >= 15 is 0 Å². The summed E-state index contributed by atoms with van der Waals surface area (Å²) < 4.78 is 0. The molecule has 0 aromatic heterocycles. The van der Waals surface area contributed by atoms with Crippen molar-refractivity contribution < 1.29 is 0 Å². The zero-order valence-corrected chi connectivity index (χ0v) is 28.3. The Labute approximate surface area is 264 Å². The first-order valence-corrected chi connectivity index (χ1v) is 18.9. The minimum Gasteiger partial charge on any atom is -0.0622 e. The molecule has 6 aliphatic carbocycles. The molecule has 2 aromatic rings. The minimum atomic E-state index is 0.828. The molecular weight excluding hydrogens is 516 g/mol. The molecule has 0 bridgehead atoms. The molecule has 43 heavy (non-hydrogen) atoms. The lowest BCUT2D eigenvalue weighted by molar-refractivity contribution is 0.0633. The third-order valence-electron chi connectivity index (χ3n) is 15.2. The summed E-state index contributed by atoms with van der Waals surface area (Å²) in [7, 11) is 0. The Morgan fingerprint density at radius 2 is 0.860 bits per heavy atom. The molecule has 0 saturated heterocycles. The van der Waals surface area contributed by atoms with Crippen LogP contribution in [0.25, 0.3) is 0 Å². The fourth-order valence-electron chi connectivity index (χ4n) is 14.1. The Balaban J connectivity index is 1.09. The molecule has 0 amide bonds. The molecule has 0 nitrogen and oxygen atoms in total. The zero-order chi connectivity index (χ0) is 29.6. The second-order valence-corrected chi connectivity index (χ2v) is 17.7. The fraction of sp³-hybridized carbons (Fsp3) is 0.721. The Bertz CT molecular complexity index is 1190. The summed E-state index contributed by atoms with van der Waals surface area (Å²) in [5.74, 6) is 13.1. The first-order chi connectivity index (χ1) is 20.7. The van der Waals surface area contributed by atoms with Crippen molar-refractivity contribution in [3.05, 3.63) is 69.8 Å². The van der Waals surface area contributed by atoms with Gasteiger partial charge in [0, 0.05) is 0 Å². The predicted octanol–water partition coefficient (Wildman–Crippen LogP) is 11.6. The van der Waals surface area contributed by atoms with Crippen LogP contribution < -0.4 is 0 Å². The summed E-state index contributed by atoms with van der Waals surface area (Å²) in [4.78, 5) is 0. The number of aryl methyl sites for hydroxylation is 4. The highest BCUT2D eigenvalue weighted by atomic mass is 14.6. The SMILES string of the molecule is Cc1cc(C)cc(C2C3CCCC3CC3C(CC4C(C)CC5C4CC4CCCC4C5c4cc(C)cc(C)c4)C(C)CC32)c1. The normalized spacial score (nSPS) is 45.1. The first-order valence-electron chi connectivity index (χ1n) is 18.9. The Hall–Kier alpha value is -1.56. The third kappa shape index (κ3) is 4.90. The highest BCUT2D eigenvalue weighted by Crippen LogP contribution is 2.66. The van der Waals surface area contributed by atoms with E-state index in [4.69, 9.17) is 0 Å². The maximum atomic E-state index is 2.70. The van der Waals surface area contributed by atoms with Crippen molar-refractivity contribution in [2.24, 2.45) is 71.0 Å². The summed E-state index contributed by atoms with van der Waals surface area (Å²) in [6, 6.07) is 15.2. The van der Waals surface area contributed by atoms with Gasteiger partial charge in [0.15, 0.2) is 0 Å². The summed E-state index contributed by atoms with van der Waals surface area (Å²) in [5.41, 5.74) is 9.40. The maximum absolute atomic E-state index is 2.70. The lowest BCUT2D eigenvalue weighted by Crippen LogP contribution is -2.38. The van der Waals surface area contributed by atoms with E-state index in [0.29, 0.717) is 0 Å². The fourth-order valence-corrected chi connectivity index (χ4v) is 14.1. The van der Waals surface area contributed by atoms with Crippen molar-refractivity contribution in [3.8, 4) is 0 Å². The van der Waals surface area contributed by atoms with E-state index < -0.39 is 0 Å². The topological polar surface area (TPSA) is 0 Å². The molecule has 14 unspecified atom stereocenters. The van der Waals surface area contributed by atoms with Crippen LogP contribution in [0.2, 0.25) is 0 Å². The van der Waals surface area contributed by atoms with Crippen LogP contribution in [0.15, 0.2) is 36.4 Å². The summed E-state index contributed by atoms with van der Waals surface area (Å²) in [6.45, 7) is 14.7. The quantitative estimate of drug-likeness (QED) is 0.339. The molecule has 14 atom stereocenters. The molecule has 0 N–H and O–H groups in total. The highest BCUT2D eigenvalue weighted by Gasteiger charge is 2.57. The average molecular weight is 577 g/mol. The van der Waals surface area contributed by atoms with Crippen molar-refractivity contribution in [3.63, 3.8) is 0 Å². The van der Waals surface area contributed by atoms with E-state index in [1.165, 1.54) is 73.6 Å². The number of hydrogen-bond acceptors (Lipinski definition) is 0. The van der Waals surface area contributed by atoms with Gasteiger partial charge in [-0.2, -0.15) is 0 Å². The van der Waals surface area contributed by atoms with Crippen molar-refractivity contribution in [1.29, 1.82) is 0 Å². The van der Waals surface area contributed by atoms with E-state index in [1.54, 1.807) is 30.4 Å². The van der Waals surface area contributed by atoms with Gasteiger partial charge in [-0.05, 0) is 167 Å². The van der Waals surface area contributed by atoms with Gasteiger partial charge in [0.1, 0.15) is 0 Å². The van der Waals surface area contributed by atoms with Crippen LogP contribution in [-0.2, 0) is 0 Å². The van der Waals surface area contributed by atoms with Gasteiger partial charge in [-0.15, -0.1) is 0 Å². The standard InChI is InChI=1S/C43H60/c1-24-13-25(2)16-32(15-24)42-34-11-7-9-30(34)21-38-36(28(5)19-40(38)42)23-37-29(6)20-41-39(37)22-31-10-8-12-35(31)43(41)33-17-26(3)14-27(4)18-33/h13-18,28-31,34-43H,7-12,19-23H2,1-6H3. The van der Waals surface area contributed by atoms with Crippen molar-refractivity contribution in [1.82, 2.24) is 0 Å². The van der Waals surface area contributed by atoms with Gasteiger partial charge >= 0.3 is 0 Å². The molecular formula is C43H60. The number of benzene rings is 2. The molecule has 6 saturated carbocycles. The highest BCUT2D eigenvalue weighted by molar-refractivity contribution is 5.35. The van der Waals surface area contributed by atoms with Gasteiger partial charge in [0.05, 0.1) is 0 Å². The molecule has 0 radical (unpaired) electrons. The molecule has 0 heterocycles. The Morgan fingerprint density at radius 1 is 0.465 bits per heavy atom. The average Bonchev–Trinajstić information content (AvgIpc) is 3.72. The largest absolute Gasteiger partial charge is 0.0622 e. The van der Waals surface area contributed by atoms with E-state index in [0.717, 1.165) is 82.9 Å². The summed E-state index contributed by atoms with van der Waals surface area (Å²) >= 11 is 0. The van der Waals surface area contributed by atoms with Crippen LogP contribution in [-0.4, -0.2) is 0 Å². The molecule has 0 spiro atoms. The minimum absolute atomic E-state index is 0.828. The summed E-state index contributed by atoms with van der Waals surface area (Å²) in [5, 5.41) is 0. The van der Waals surface area contributed by atoms with Gasteiger partial charge in [-0.25, -0.2) is 0 Å². The molecule has 8 rings (SSSR count).